The van der Waals surface area contributed by atoms with Crippen LogP contribution in [0.3, 0.4) is 0 Å². The van der Waals surface area contributed by atoms with Crippen molar-refractivity contribution in [2.45, 2.75) is 92.5 Å². The van der Waals surface area contributed by atoms with E-state index in [0.717, 1.165) is 66.6 Å². The molecule has 4 aromatic carbocycles. The van der Waals surface area contributed by atoms with E-state index in [0.29, 0.717) is 47.7 Å². The summed E-state index contributed by atoms with van der Waals surface area (Å²) in [5.41, 5.74) is 0. The molecule has 0 amide bonds. The van der Waals surface area contributed by atoms with Crippen LogP contribution in [0.1, 0.15) is 53.4 Å². The Morgan fingerprint density at radius 3 is 1.02 bits per heavy atom. The van der Waals surface area contributed by atoms with Crippen molar-refractivity contribution in [2.24, 2.45) is 0 Å². The molecule has 0 aromatic heterocycles. The van der Waals surface area contributed by atoms with Gasteiger partial charge in [0.15, 0.2) is 0 Å². The average Bonchev–Trinajstić information content (AvgIpc) is 3.05. The predicted octanol–water partition coefficient (Wildman–Crippen LogP) is 10.8. The first-order valence-corrected chi connectivity index (χ1v) is 19.2. The lowest BCUT2D eigenvalue weighted by atomic mass is 10.3. The normalized spacial score (nSPS) is 12.9. The Kier molecular flexibility index (Phi) is 12.5. The molecule has 1 aliphatic rings. The molecular formula is C36H40O5S4. The maximum Gasteiger partial charge on any atom is 0.149 e. The highest BCUT2D eigenvalue weighted by Gasteiger charge is 2.25. The standard InChI is InChI=1S/C36H40O5S4/c1-5-21-38-33-25-13-9-15-27(33)43-29-17-11-19-31(35(29)40-23-7-3)45(37)32-20-12-18-30(36(32)41-24-8-4)44-28-16-10-14-26(42-25)34(28)39-22-6-2/h9-20H,5-8,21-24H2,1-4H3. The minimum Gasteiger partial charge on any atom is -0.491 e. The van der Waals surface area contributed by atoms with Crippen LogP contribution in [0.25, 0.3) is 0 Å². The van der Waals surface area contributed by atoms with Crippen LogP contribution in [0.2, 0.25) is 0 Å². The van der Waals surface area contributed by atoms with Gasteiger partial charge in [-0.1, -0.05) is 87.2 Å². The van der Waals surface area contributed by atoms with E-state index < -0.39 is 10.8 Å². The smallest absolute Gasteiger partial charge is 0.149 e. The number of ether oxygens (including phenoxy) is 4. The van der Waals surface area contributed by atoms with Crippen LogP contribution in [-0.2, 0) is 10.8 Å². The molecule has 5 rings (SSSR count). The van der Waals surface area contributed by atoms with Crippen molar-refractivity contribution in [3.63, 3.8) is 0 Å². The number of fused-ring (bicyclic) bond motifs is 8. The molecule has 8 bridgehead atoms. The Balaban J connectivity index is 1.78. The lowest BCUT2D eigenvalue weighted by molar-refractivity contribution is 0.299. The highest BCUT2D eigenvalue weighted by molar-refractivity contribution is 8.01. The van der Waals surface area contributed by atoms with Crippen LogP contribution in [0.15, 0.2) is 112 Å². The summed E-state index contributed by atoms with van der Waals surface area (Å²) in [5.74, 6) is 2.92. The zero-order valence-electron chi connectivity index (χ0n) is 26.3. The summed E-state index contributed by atoms with van der Waals surface area (Å²) < 4.78 is 40.3. The van der Waals surface area contributed by atoms with Gasteiger partial charge in [0.25, 0.3) is 0 Å². The van der Waals surface area contributed by atoms with E-state index in [2.05, 4.69) is 64.1 Å². The van der Waals surface area contributed by atoms with Gasteiger partial charge in [0.1, 0.15) is 23.0 Å². The Bertz CT molecular complexity index is 1510. The van der Waals surface area contributed by atoms with Crippen molar-refractivity contribution in [2.75, 3.05) is 26.4 Å². The van der Waals surface area contributed by atoms with Gasteiger partial charge in [-0.3, -0.25) is 0 Å². The maximum atomic E-state index is 14.6. The van der Waals surface area contributed by atoms with Crippen molar-refractivity contribution in [1.82, 2.24) is 0 Å². The van der Waals surface area contributed by atoms with Crippen molar-refractivity contribution >= 4 is 46.1 Å². The van der Waals surface area contributed by atoms with Crippen molar-refractivity contribution in [3.8, 4) is 23.0 Å². The first kappa shape index (κ1) is 33.6. The van der Waals surface area contributed by atoms with Gasteiger partial charge in [0.2, 0.25) is 0 Å². The Labute approximate surface area is 282 Å². The molecule has 9 heteroatoms. The van der Waals surface area contributed by atoms with Crippen LogP contribution >= 0.6 is 35.3 Å². The molecule has 0 saturated heterocycles. The zero-order chi connectivity index (χ0) is 31.6. The first-order chi connectivity index (χ1) is 22.1. The van der Waals surface area contributed by atoms with E-state index in [1.165, 1.54) is 0 Å². The fraction of sp³-hybridized carbons (Fsp3) is 0.333. The van der Waals surface area contributed by atoms with Crippen LogP contribution in [0, 0.1) is 0 Å². The third kappa shape index (κ3) is 7.99. The molecule has 4 aromatic rings. The largest absolute Gasteiger partial charge is 0.491 e. The van der Waals surface area contributed by atoms with E-state index in [1.807, 2.05) is 36.4 Å². The fourth-order valence-corrected chi connectivity index (χ4v) is 9.35. The van der Waals surface area contributed by atoms with Crippen molar-refractivity contribution in [1.29, 1.82) is 0 Å². The third-order valence-electron chi connectivity index (χ3n) is 6.63. The molecule has 5 nitrogen and oxygen atoms in total. The lowest BCUT2D eigenvalue weighted by Gasteiger charge is -2.21. The summed E-state index contributed by atoms with van der Waals surface area (Å²) in [6.07, 6.45) is 3.44. The van der Waals surface area contributed by atoms with Gasteiger partial charge in [-0.25, -0.2) is 4.21 Å². The highest BCUT2D eigenvalue weighted by Crippen LogP contribution is 2.51. The summed E-state index contributed by atoms with van der Waals surface area (Å²) in [6, 6.07) is 24.3. The summed E-state index contributed by atoms with van der Waals surface area (Å²) in [7, 11) is -1.57. The SMILES string of the molecule is CCCOc1c2cccc1Sc1cccc(c1OCCC)S(=O)c1cccc(c1OCCC)Sc1cccc(c1OCCC)S2. The van der Waals surface area contributed by atoms with E-state index in [9.17, 15) is 4.21 Å². The minimum atomic E-state index is -1.57. The van der Waals surface area contributed by atoms with Gasteiger partial charge >= 0.3 is 0 Å². The number of rotatable bonds is 12. The molecule has 0 atom stereocenters. The van der Waals surface area contributed by atoms with Crippen LogP contribution in [0.5, 0.6) is 23.0 Å². The van der Waals surface area contributed by atoms with Gasteiger partial charge < -0.3 is 18.9 Å². The van der Waals surface area contributed by atoms with E-state index in [-0.39, 0.29) is 0 Å². The van der Waals surface area contributed by atoms with E-state index in [4.69, 9.17) is 18.9 Å². The second kappa shape index (κ2) is 16.7. The third-order valence-corrected chi connectivity index (χ3v) is 11.3. The van der Waals surface area contributed by atoms with Gasteiger partial charge in [-0.05, 0) is 74.2 Å². The van der Waals surface area contributed by atoms with E-state index >= 15 is 0 Å². The fourth-order valence-electron chi connectivity index (χ4n) is 4.62. The Hall–Kier alpha value is -2.72. The Morgan fingerprint density at radius 2 is 0.711 bits per heavy atom. The second-order valence-corrected chi connectivity index (χ2v) is 15.0. The first-order valence-electron chi connectivity index (χ1n) is 15.6. The average molecular weight is 681 g/mol. The minimum absolute atomic E-state index is 0.515. The summed E-state index contributed by atoms with van der Waals surface area (Å²) in [6.45, 7) is 10.6. The number of hydrogen-bond donors (Lipinski definition) is 0. The lowest BCUT2D eigenvalue weighted by Crippen LogP contribution is -2.06. The van der Waals surface area contributed by atoms with Crippen LogP contribution in [-0.4, -0.2) is 30.6 Å². The quantitative estimate of drug-likeness (QED) is 0.129. The molecular weight excluding hydrogens is 641 g/mol. The molecule has 238 valence electrons. The Morgan fingerprint density at radius 1 is 0.444 bits per heavy atom. The summed E-state index contributed by atoms with van der Waals surface area (Å²) >= 11 is 4.81. The van der Waals surface area contributed by atoms with Gasteiger partial charge in [0.05, 0.1) is 76.4 Å². The summed E-state index contributed by atoms with van der Waals surface area (Å²) in [4.78, 5) is 6.99. The molecule has 0 saturated carbocycles. The van der Waals surface area contributed by atoms with Gasteiger partial charge in [-0.15, -0.1) is 0 Å². The topological polar surface area (TPSA) is 54.0 Å². The molecule has 1 aliphatic heterocycles. The monoisotopic (exact) mass is 680 g/mol. The van der Waals surface area contributed by atoms with Crippen molar-refractivity contribution in [3.05, 3.63) is 72.8 Å². The molecule has 0 spiro atoms. The molecule has 0 N–H and O–H groups in total. The van der Waals surface area contributed by atoms with Gasteiger partial charge in [-0.2, -0.15) is 0 Å². The van der Waals surface area contributed by atoms with E-state index in [1.54, 1.807) is 35.3 Å². The molecule has 45 heavy (non-hydrogen) atoms. The second-order valence-electron chi connectivity index (χ2n) is 10.3. The van der Waals surface area contributed by atoms with Crippen LogP contribution < -0.4 is 18.9 Å². The van der Waals surface area contributed by atoms with Crippen molar-refractivity contribution < 1.29 is 23.2 Å². The number of benzene rings is 4. The number of para-hydroxylation sites is 4. The summed E-state index contributed by atoms with van der Waals surface area (Å²) in [5, 5.41) is 0. The molecule has 0 radical (unpaired) electrons. The van der Waals surface area contributed by atoms with Gasteiger partial charge in [0, 0.05) is 0 Å². The zero-order valence-corrected chi connectivity index (χ0v) is 29.5. The molecule has 0 aliphatic carbocycles. The predicted molar refractivity (Wildman–Crippen MR) is 186 cm³/mol. The molecule has 1 heterocycles. The molecule has 0 fully saturated rings. The van der Waals surface area contributed by atoms with Crippen LogP contribution in [0.4, 0.5) is 0 Å². The molecule has 0 unspecified atom stereocenters. The highest BCUT2D eigenvalue weighted by atomic mass is 32.2. The maximum absolute atomic E-state index is 14.6. The number of hydrogen-bond acceptors (Lipinski definition) is 8.